The van der Waals surface area contributed by atoms with E-state index < -0.39 is 10.0 Å². The van der Waals surface area contributed by atoms with Crippen molar-refractivity contribution in [3.63, 3.8) is 0 Å². The molecule has 0 radical (unpaired) electrons. The molecule has 4 rings (SSSR count). The Morgan fingerprint density at radius 1 is 0.962 bits per heavy atom. The van der Waals surface area contributed by atoms with Crippen LogP contribution in [-0.4, -0.2) is 39.0 Å². The van der Waals surface area contributed by atoms with E-state index in [1.807, 2.05) is 30.5 Å². The van der Waals surface area contributed by atoms with Crippen LogP contribution in [0.2, 0.25) is 0 Å². The average Bonchev–Trinajstić information content (AvgIpc) is 2.69. The smallest absolute Gasteiger partial charge is 0.243 e. The number of fused-ring (bicyclic) bond motifs is 1. The topological polar surface area (TPSA) is 50.5 Å². The van der Waals surface area contributed by atoms with Crippen LogP contribution in [0, 0.1) is 0 Å². The predicted octanol–water partition coefficient (Wildman–Crippen LogP) is 2.20. The number of sulfonamides is 1. The Labute approximate surface area is 153 Å². The molecule has 0 amide bonds. The van der Waals surface area contributed by atoms with Gasteiger partial charge in [0.2, 0.25) is 10.0 Å². The number of hydrogen-bond donors (Lipinski definition) is 0. The van der Waals surface area contributed by atoms with Crippen molar-refractivity contribution in [3.8, 4) is 0 Å². The number of benzene rings is 2. The fourth-order valence-corrected chi connectivity index (χ4v) is 4.71. The molecular formula is C20H21N2O3S+. The lowest BCUT2D eigenvalue weighted by Gasteiger charge is -2.26. The van der Waals surface area contributed by atoms with Gasteiger partial charge >= 0.3 is 0 Å². The van der Waals surface area contributed by atoms with Gasteiger partial charge in [0, 0.05) is 30.1 Å². The van der Waals surface area contributed by atoms with Gasteiger partial charge in [-0.25, -0.2) is 13.0 Å². The Bertz CT molecular complexity index is 1030. The van der Waals surface area contributed by atoms with E-state index in [1.54, 1.807) is 12.1 Å². The molecule has 3 aromatic rings. The molecule has 5 nitrogen and oxygen atoms in total. The number of aromatic nitrogens is 1. The van der Waals surface area contributed by atoms with E-state index in [0.29, 0.717) is 37.7 Å². The maximum Gasteiger partial charge on any atom is 0.243 e. The summed E-state index contributed by atoms with van der Waals surface area (Å²) in [4.78, 5) is 0.346. The van der Waals surface area contributed by atoms with Gasteiger partial charge in [-0.2, -0.15) is 4.31 Å². The first-order valence-corrected chi connectivity index (χ1v) is 10.1. The predicted molar refractivity (Wildman–Crippen MR) is 99.3 cm³/mol. The minimum Gasteiger partial charge on any atom is -0.379 e. The largest absolute Gasteiger partial charge is 0.379 e. The molecule has 26 heavy (non-hydrogen) atoms. The zero-order valence-corrected chi connectivity index (χ0v) is 15.2. The average molecular weight is 369 g/mol. The second kappa shape index (κ2) is 7.15. The molecule has 134 valence electrons. The number of nitrogens with zero attached hydrogens (tertiary/aromatic N) is 2. The molecule has 1 saturated heterocycles. The first-order valence-electron chi connectivity index (χ1n) is 8.68. The van der Waals surface area contributed by atoms with Gasteiger partial charge in [-0.3, -0.25) is 0 Å². The van der Waals surface area contributed by atoms with Gasteiger partial charge in [0.05, 0.1) is 18.1 Å². The SMILES string of the molecule is O=S(=O)(c1cccc(C[n+]2ccc3ccccc3c2)c1)N1CCOCC1. The molecule has 6 heteroatoms. The zero-order chi connectivity index (χ0) is 18.0. The fraction of sp³-hybridized carbons (Fsp3) is 0.250. The van der Waals surface area contributed by atoms with Crippen molar-refractivity contribution in [2.45, 2.75) is 11.4 Å². The third-order valence-corrected chi connectivity index (χ3v) is 6.51. The van der Waals surface area contributed by atoms with E-state index in [2.05, 4.69) is 29.0 Å². The van der Waals surface area contributed by atoms with Gasteiger partial charge in [-0.05, 0) is 23.6 Å². The monoisotopic (exact) mass is 369 g/mol. The molecule has 1 fully saturated rings. The summed E-state index contributed by atoms with van der Waals surface area (Å²) < 4.78 is 34.5. The number of hydrogen-bond acceptors (Lipinski definition) is 3. The lowest BCUT2D eigenvalue weighted by atomic mass is 10.1. The summed E-state index contributed by atoms with van der Waals surface area (Å²) >= 11 is 0. The van der Waals surface area contributed by atoms with E-state index in [1.165, 1.54) is 9.69 Å². The van der Waals surface area contributed by atoms with Crippen LogP contribution in [0.25, 0.3) is 10.8 Å². The van der Waals surface area contributed by atoms with Crippen LogP contribution in [0.4, 0.5) is 0 Å². The Kier molecular flexibility index (Phi) is 4.72. The summed E-state index contributed by atoms with van der Waals surface area (Å²) in [5.41, 5.74) is 0.958. The molecule has 1 aliphatic heterocycles. The van der Waals surface area contributed by atoms with E-state index in [4.69, 9.17) is 4.74 Å². The molecule has 1 aliphatic rings. The number of morpholine rings is 1. The summed E-state index contributed by atoms with van der Waals surface area (Å²) in [5, 5.41) is 2.35. The lowest BCUT2D eigenvalue weighted by molar-refractivity contribution is -0.687. The van der Waals surface area contributed by atoms with E-state index in [0.717, 1.165) is 10.9 Å². The van der Waals surface area contributed by atoms with Gasteiger partial charge < -0.3 is 4.74 Å². The van der Waals surface area contributed by atoms with Crippen LogP contribution in [-0.2, 0) is 21.3 Å². The summed E-state index contributed by atoms with van der Waals surface area (Å²) in [6.07, 6.45) is 4.10. The first-order chi connectivity index (χ1) is 12.6. The van der Waals surface area contributed by atoms with Crippen molar-refractivity contribution >= 4 is 20.8 Å². The van der Waals surface area contributed by atoms with Gasteiger partial charge in [0.15, 0.2) is 18.9 Å². The van der Waals surface area contributed by atoms with Crippen LogP contribution in [0.15, 0.2) is 71.9 Å². The van der Waals surface area contributed by atoms with Crippen LogP contribution in [0.3, 0.4) is 0 Å². The maximum absolute atomic E-state index is 12.8. The van der Waals surface area contributed by atoms with E-state index >= 15 is 0 Å². The molecular weight excluding hydrogens is 348 g/mol. The van der Waals surface area contributed by atoms with Crippen molar-refractivity contribution < 1.29 is 17.7 Å². The Morgan fingerprint density at radius 3 is 2.54 bits per heavy atom. The van der Waals surface area contributed by atoms with Crippen molar-refractivity contribution in [2.24, 2.45) is 0 Å². The summed E-state index contributed by atoms with van der Waals surface area (Å²) in [6, 6.07) is 17.5. The van der Waals surface area contributed by atoms with Crippen molar-refractivity contribution in [1.82, 2.24) is 4.31 Å². The van der Waals surface area contributed by atoms with Crippen LogP contribution in [0.1, 0.15) is 5.56 Å². The molecule has 2 heterocycles. The van der Waals surface area contributed by atoms with E-state index in [9.17, 15) is 8.42 Å². The first kappa shape index (κ1) is 17.1. The highest BCUT2D eigenvalue weighted by molar-refractivity contribution is 7.89. The molecule has 0 spiro atoms. The minimum atomic E-state index is -3.47. The quantitative estimate of drug-likeness (QED) is 0.663. The normalized spacial score (nSPS) is 16.0. The van der Waals surface area contributed by atoms with Crippen LogP contribution in [0.5, 0.6) is 0 Å². The van der Waals surface area contributed by atoms with Gasteiger partial charge in [0.1, 0.15) is 0 Å². The highest BCUT2D eigenvalue weighted by Crippen LogP contribution is 2.18. The molecule has 2 aromatic carbocycles. The Morgan fingerprint density at radius 2 is 1.73 bits per heavy atom. The highest BCUT2D eigenvalue weighted by Gasteiger charge is 2.26. The Hall–Kier alpha value is -2.28. The third-order valence-electron chi connectivity index (χ3n) is 4.62. The molecule has 0 bridgehead atoms. The number of pyridine rings is 1. The Balaban J connectivity index is 1.60. The molecule has 1 aromatic heterocycles. The summed E-state index contributed by atoms with van der Waals surface area (Å²) in [6.45, 7) is 2.34. The molecule has 0 aliphatic carbocycles. The molecule has 0 unspecified atom stereocenters. The van der Waals surface area contributed by atoms with Gasteiger partial charge in [-0.1, -0.05) is 30.3 Å². The summed E-state index contributed by atoms with van der Waals surface area (Å²) in [7, 11) is -3.47. The van der Waals surface area contributed by atoms with Crippen LogP contribution >= 0.6 is 0 Å². The minimum absolute atomic E-state index is 0.346. The highest BCUT2D eigenvalue weighted by atomic mass is 32.2. The molecule has 0 atom stereocenters. The van der Waals surface area contributed by atoms with Crippen molar-refractivity contribution in [1.29, 1.82) is 0 Å². The third kappa shape index (κ3) is 3.49. The fourth-order valence-electron chi connectivity index (χ4n) is 3.23. The summed E-state index contributed by atoms with van der Waals surface area (Å²) in [5.74, 6) is 0. The second-order valence-corrected chi connectivity index (χ2v) is 8.35. The number of ether oxygens (including phenoxy) is 1. The molecule has 0 saturated carbocycles. The number of rotatable bonds is 4. The second-order valence-electron chi connectivity index (χ2n) is 6.41. The van der Waals surface area contributed by atoms with E-state index in [-0.39, 0.29) is 0 Å². The molecule has 0 N–H and O–H groups in total. The van der Waals surface area contributed by atoms with Gasteiger partial charge in [-0.15, -0.1) is 0 Å². The van der Waals surface area contributed by atoms with Crippen molar-refractivity contribution in [3.05, 3.63) is 72.6 Å². The van der Waals surface area contributed by atoms with Crippen molar-refractivity contribution in [2.75, 3.05) is 26.3 Å². The zero-order valence-electron chi connectivity index (χ0n) is 14.4. The maximum atomic E-state index is 12.8. The lowest BCUT2D eigenvalue weighted by Crippen LogP contribution is -2.40. The standard InChI is InChI=1S/C20H21N2O3S/c23-26(24,22-10-12-25-13-11-22)20-7-3-4-17(14-20)15-21-9-8-18-5-1-2-6-19(18)16-21/h1-9,14,16H,10-13,15H2/q+1. The van der Waals surface area contributed by atoms with Gasteiger partial charge in [0.25, 0.3) is 0 Å². The van der Waals surface area contributed by atoms with Crippen LogP contribution < -0.4 is 4.57 Å².